The molecule has 1 aliphatic heterocycles. The Labute approximate surface area is 135 Å². The zero-order chi connectivity index (χ0) is 16.2. The molecule has 1 N–H and O–H groups in total. The van der Waals surface area contributed by atoms with E-state index in [9.17, 15) is 4.91 Å². The highest BCUT2D eigenvalue weighted by molar-refractivity contribution is 5.53. The normalized spacial score (nSPS) is 16.5. The Morgan fingerprint density at radius 3 is 2.78 bits per heavy atom. The smallest absolute Gasteiger partial charge is 0.150 e. The van der Waals surface area contributed by atoms with Crippen LogP contribution in [0.15, 0.2) is 41.6 Å². The Balaban J connectivity index is 1.86. The van der Waals surface area contributed by atoms with Crippen molar-refractivity contribution in [1.82, 2.24) is 5.32 Å². The third-order valence-electron chi connectivity index (χ3n) is 4.29. The summed E-state index contributed by atoms with van der Waals surface area (Å²) in [6.45, 7) is 0.930. The minimum atomic E-state index is 0.220. The van der Waals surface area contributed by atoms with Gasteiger partial charge in [-0.1, -0.05) is 12.1 Å². The Bertz CT molecular complexity index is 715. The lowest BCUT2D eigenvalue weighted by molar-refractivity contribution is 0.412. The van der Waals surface area contributed by atoms with Crippen molar-refractivity contribution < 1.29 is 9.47 Å². The average molecular weight is 312 g/mol. The van der Waals surface area contributed by atoms with Gasteiger partial charge in [-0.25, -0.2) is 0 Å². The van der Waals surface area contributed by atoms with Gasteiger partial charge in [0.15, 0.2) is 0 Å². The first-order valence-corrected chi connectivity index (χ1v) is 7.65. The van der Waals surface area contributed by atoms with E-state index >= 15 is 0 Å². The molecule has 0 saturated heterocycles. The van der Waals surface area contributed by atoms with Crippen molar-refractivity contribution >= 4 is 5.69 Å². The molecular formula is C18H20N2O3. The van der Waals surface area contributed by atoms with E-state index in [1.54, 1.807) is 19.2 Å². The molecule has 0 bridgehead atoms. The highest BCUT2D eigenvalue weighted by Gasteiger charge is 2.21. The van der Waals surface area contributed by atoms with Crippen LogP contribution in [0.3, 0.4) is 0 Å². The fraction of sp³-hybridized carbons (Fsp3) is 0.333. The second-order valence-corrected chi connectivity index (χ2v) is 5.62. The summed E-state index contributed by atoms with van der Waals surface area (Å²) >= 11 is 0. The lowest BCUT2D eigenvalue weighted by Crippen LogP contribution is -2.31. The monoisotopic (exact) mass is 312 g/mol. The van der Waals surface area contributed by atoms with Gasteiger partial charge in [-0.05, 0) is 65.5 Å². The second kappa shape index (κ2) is 6.79. The van der Waals surface area contributed by atoms with Gasteiger partial charge in [0.2, 0.25) is 0 Å². The maximum absolute atomic E-state index is 10.9. The molecule has 3 rings (SSSR count). The Kier molecular flexibility index (Phi) is 4.57. The van der Waals surface area contributed by atoms with Gasteiger partial charge in [0.05, 0.1) is 14.2 Å². The standard InChI is InChI=1S/C18H20N2O3/c1-22-14-4-5-15-13(11-14)7-8-19-16(15)9-12-3-6-18(23-2)17(10-12)20-21/h3-6,10-11,16,19H,7-9H2,1-2H3/t16-/m1/s1. The molecule has 0 aliphatic carbocycles. The highest BCUT2D eigenvalue weighted by Crippen LogP contribution is 2.32. The number of methoxy groups -OCH3 is 2. The fourth-order valence-corrected chi connectivity index (χ4v) is 3.11. The van der Waals surface area contributed by atoms with Gasteiger partial charge < -0.3 is 14.8 Å². The van der Waals surface area contributed by atoms with Crippen LogP contribution < -0.4 is 14.8 Å². The van der Waals surface area contributed by atoms with Crippen LogP contribution >= 0.6 is 0 Å². The van der Waals surface area contributed by atoms with Crippen molar-refractivity contribution in [2.75, 3.05) is 20.8 Å². The molecule has 0 aromatic heterocycles. The van der Waals surface area contributed by atoms with Crippen LogP contribution in [0.25, 0.3) is 0 Å². The molecule has 0 radical (unpaired) electrons. The van der Waals surface area contributed by atoms with Crippen molar-refractivity contribution in [3.63, 3.8) is 0 Å². The predicted octanol–water partition coefficient (Wildman–Crippen LogP) is 3.53. The van der Waals surface area contributed by atoms with E-state index in [1.165, 1.54) is 18.2 Å². The van der Waals surface area contributed by atoms with Crippen molar-refractivity contribution in [3.05, 3.63) is 58.0 Å². The minimum absolute atomic E-state index is 0.220. The number of rotatable bonds is 5. The summed E-state index contributed by atoms with van der Waals surface area (Å²) in [6, 6.07) is 12.0. The maximum Gasteiger partial charge on any atom is 0.150 e. The first-order chi connectivity index (χ1) is 11.2. The molecule has 5 nitrogen and oxygen atoms in total. The van der Waals surface area contributed by atoms with Crippen molar-refractivity contribution in [2.24, 2.45) is 5.18 Å². The first kappa shape index (κ1) is 15.5. The van der Waals surface area contributed by atoms with Gasteiger partial charge in [-0.15, -0.1) is 4.91 Å². The molecule has 1 aliphatic rings. The third-order valence-corrected chi connectivity index (χ3v) is 4.29. The fourth-order valence-electron chi connectivity index (χ4n) is 3.11. The van der Waals surface area contributed by atoms with E-state index in [2.05, 4.69) is 22.6 Å². The van der Waals surface area contributed by atoms with E-state index in [0.29, 0.717) is 11.4 Å². The summed E-state index contributed by atoms with van der Waals surface area (Å²) in [7, 11) is 3.22. The lowest BCUT2D eigenvalue weighted by Gasteiger charge is -2.27. The zero-order valence-corrected chi connectivity index (χ0v) is 13.3. The van der Waals surface area contributed by atoms with E-state index in [1.807, 2.05) is 12.1 Å². The van der Waals surface area contributed by atoms with E-state index in [4.69, 9.17) is 9.47 Å². The second-order valence-electron chi connectivity index (χ2n) is 5.62. The predicted molar refractivity (Wildman–Crippen MR) is 89.6 cm³/mol. The van der Waals surface area contributed by atoms with Crippen molar-refractivity contribution in [1.29, 1.82) is 0 Å². The van der Waals surface area contributed by atoms with Gasteiger partial charge in [0, 0.05) is 6.04 Å². The van der Waals surface area contributed by atoms with Crippen LogP contribution in [-0.4, -0.2) is 20.8 Å². The minimum Gasteiger partial charge on any atom is -0.497 e. The number of nitroso groups, excluding NO2 is 1. The number of hydrogen-bond acceptors (Lipinski definition) is 5. The van der Waals surface area contributed by atoms with Gasteiger partial charge in [0.1, 0.15) is 17.2 Å². The van der Waals surface area contributed by atoms with Crippen molar-refractivity contribution in [2.45, 2.75) is 18.9 Å². The van der Waals surface area contributed by atoms with Crippen LogP contribution in [0.5, 0.6) is 11.5 Å². The van der Waals surface area contributed by atoms with Crippen LogP contribution in [0.4, 0.5) is 5.69 Å². The quantitative estimate of drug-likeness (QED) is 0.858. The number of nitrogens with one attached hydrogen (secondary N) is 1. The Hall–Kier alpha value is -2.40. The summed E-state index contributed by atoms with van der Waals surface area (Å²) in [4.78, 5) is 10.9. The molecular weight excluding hydrogens is 292 g/mol. The van der Waals surface area contributed by atoms with Crippen molar-refractivity contribution in [3.8, 4) is 11.5 Å². The van der Waals surface area contributed by atoms with Crippen LogP contribution in [-0.2, 0) is 12.8 Å². The molecule has 0 unspecified atom stereocenters. The number of ether oxygens (including phenoxy) is 2. The SMILES string of the molecule is COc1ccc2c(c1)CCN[C@@H]2Cc1ccc(OC)c(N=O)c1. The topological polar surface area (TPSA) is 59.9 Å². The molecule has 2 aromatic rings. The largest absolute Gasteiger partial charge is 0.497 e. The molecule has 0 saturated carbocycles. The van der Waals surface area contributed by atoms with E-state index < -0.39 is 0 Å². The molecule has 1 heterocycles. The van der Waals surface area contributed by atoms with Crippen LogP contribution in [0, 0.1) is 4.91 Å². The molecule has 0 spiro atoms. The summed E-state index contributed by atoms with van der Waals surface area (Å²) in [5.41, 5.74) is 4.00. The molecule has 23 heavy (non-hydrogen) atoms. The van der Waals surface area contributed by atoms with Crippen LogP contribution in [0.1, 0.15) is 22.7 Å². The number of hydrogen-bond donors (Lipinski definition) is 1. The summed E-state index contributed by atoms with van der Waals surface area (Å²) in [6.07, 6.45) is 1.79. The van der Waals surface area contributed by atoms with Gasteiger partial charge in [-0.3, -0.25) is 0 Å². The van der Waals surface area contributed by atoms with E-state index in [0.717, 1.165) is 30.7 Å². The maximum atomic E-state index is 10.9. The number of nitrogens with zero attached hydrogens (tertiary/aromatic N) is 1. The third kappa shape index (κ3) is 3.19. The molecule has 1 atom stereocenters. The average Bonchev–Trinajstić information content (AvgIpc) is 2.61. The van der Waals surface area contributed by atoms with Gasteiger partial charge in [0.25, 0.3) is 0 Å². The number of fused-ring (bicyclic) bond motifs is 1. The highest BCUT2D eigenvalue weighted by atomic mass is 16.5. The van der Waals surface area contributed by atoms with Gasteiger partial charge in [-0.2, -0.15) is 0 Å². The molecule has 2 aromatic carbocycles. The first-order valence-electron chi connectivity index (χ1n) is 7.65. The van der Waals surface area contributed by atoms with E-state index in [-0.39, 0.29) is 6.04 Å². The number of benzene rings is 2. The Morgan fingerprint density at radius 1 is 1.17 bits per heavy atom. The molecule has 0 fully saturated rings. The van der Waals surface area contributed by atoms with Crippen LogP contribution in [0.2, 0.25) is 0 Å². The zero-order valence-electron chi connectivity index (χ0n) is 13.3. The summed E-state index contributed by atoms with van der Waals surface area (Å²) in [5.74, 6) is 1.40. The molecule has 0 amide bonds. The summed E-state index contributed by atoms with van der Waals surface area (Å²) in [5, 5.41) is 6.60. The van der Waals surface area contributed by atoms with Gasteiger partial charge >= 0.3 is 0 Å². The Morgan fingerprint density at radius 2 is 2.04 bits per heavy atom. The summed E-state index contributed by atoms with van der Waals surface area (Å²) < 4.78 is 10.4. The molecule has 5 heteroatoms. The molecule has 120 valence electrons. The lowest BCUT2D eigenvalue weighted by atomic mass is 9.90.